The number of nitrogens with two attached hydrogens (primary N) is 1. The molecule has 1 unspecified atom stereocenters. The first-order valence-electron chi connectivity index (χ1n) is 6.67. The maximum Gasteiger partial charge on any atom is 0.0884 e. The predicted molar refractivity (Wildman–Crippen MR) is 82.1 cm³/mol. The molecule has 3 nitrogen and oxygen atoms in total. The average Bonchev–Trinajstić information content (AvgIpc) is 2.50. The highest BCUT2D eigenvalue weighted by Gasteiger charge is 2.15. The Morgan fingerprint density at radius 2 is 1.70 bits per heavy atom. The van der Waals surface area contributed by atoms with E-state index in [4.69, 9.17) is 10.8 Å². The van der Waals surface area contributed by atoms with Crippen LogP contribution in [0.5, 0.6) is 0 Å². The van der Waals surface area contributed by atoms with Crippen molar-refractivity contribution < 1.29 is 0 Å². The molecule has 0 radical (unpaired) electrons. The van der Waals surface area contributed by atoms with Crippen LogP contribution in [0.2, 0.25) is 0 Å². The van der Waals surface area contributed by atoms with Gasteiger partial charge in [-0.2, -0.15) is 0 Å². The summed E-state index contributed by atoms with van der Waals surface area (Å²) in [5.41, 5.74) is 7.14. The molecular formula is C17H17N3. The molecule has 0 saturated heterocycles. The van der Waals surface area contributed by atoms with Crippen molar-refractivity contribution in [2.45, 2.75) is 13.0 Å². The summed E-state index contributed by atoms with van der Waals surface area (Å²) in [6, 6.07) is 20.3. The van der Waals surface area contributed by atoms with Gasteiger partial charge in [-0.05, 0) is 30.2 Å². The van der Waals surface area contributed by atoms with Crippen LogP contribution in [0.25, 0.3) is 10.9 Å². The van der Waals surface area contributed by atoms with Gasteiger partial charge in [-0.3, -0.25) is 10.8 Å². The van der Waals surface area contributed by atoms with Gasteiger partial charge >= 0.3 is 0 Å². The van der Waals surface area contributed by atoms with E-state index in [0.717, 1.165) is 22.2 Å². The molecule has 2 aromatic carbocycles. The van der Waals surface area contributed by atoms with Crippen LogP contribution in [-0.2, 0) is 0 Å². The van der Waals surface area contributed by atoms with E-state index in [1.54, 1.807) is 0 Å². The lowest BCUT2D eigenvalue weighted by molar-refractivity contribution is 0.620. The van der Waals surface area contributed by atoms with E-state index in [-0.39, 0.29) is 6.04 Å². The van der Waals surface area contributed by atoms with E-state index < -0.39 is 0 Å². The molecule has 20 heavy (non-hydrogen) atoms. The van der Waals surface area contributed by atoms with E-state index in [0.29, 0.717) is 0 Å². The summed E-state index contributed by atoms with van der Waals surface area (Å²) in [5.74, 6) is 5.76. The molecule has 0 amide bonds. The normalized spacial score (nSPS) is 12.5. The van der Waals surface area contributed by atoms with Crippen LogP contribution in [0.3, 0.4) is 0 Å². The number of aromatic nitrogens is 1. The Balaban J connectivity index is 2.10. The molecule has 1 atom stereocenters. The van der Waals surface area contributed by atoms with Gasteiger partial charge in [0.25, 0.3) is 0 Å². The highest BCUT2D eigenvalue weighted by Crippen LogP contribution is 2.24. The zero-order valence-electron chi connectivity index (χ0n) is 11.4. The summed E-state index contributed by atoms with van der Waals surface area (Å²) in [6.07, 6.45) is 0. The van der Waals surface area contributed by atoms with Gasteiger partial charge in [0.1, 0.15) is 0 Å². The number of hydrogen-bond acceptors (Lipinski definition) is 3. The van der Waals surface area contributed by atoms with Crippen molar-refractivity contribution in [2.75, 3.05) is 0 Å². The first-order valence-corrected chi connectivity index (χ1v) is 6.67. The maximum absolute atomic E-state index is 5.76. The van der Waals surface area contributed by atoms with Crippen molar-refractivity contribution >= 4 is 10.9 Å². The molecule has 3 rings (SSSR count). The number of nitrogens with one attached hydrogen (secondary N) is 1. The van der Waals surface area contributed by atoms with Crippen LogP contribution in [0, 0.1) is 6.92 Å². The van der Waals surface area contributed by atoms with Crippen molar-refractivity contribution in [1.29, 1.82) is 0 Å². The second kappa shape index (κ2) is 5.41. The monoisotopic (exact) mass is 263 g/mol. The maximum atomic E-state index is 5.76. The van der Waals surface area contributed by atoms with Crippen LogP contribution in [0.4, 0.5) is 0 Å². The average molecular weight is 263 g/mol. The second-order valence-electron chi connectivity index (χ2n) is 4.89. The molecule has 0 spiro atoms. The van der Waals surface area contributed by atoms with Gasteiger partial charge < -0.3 is 0 Å². The quantitative estimate of drug-likeness (QED) is 0.564. The number of aryl methyl sites for hydroxylation is 1. The van der Waals surface area contributed by atoms with Crippen molar-refractivity contribution in [3.63, 3.8) is 0 Å². The Morgan fingerprint density at radius 1 is 0.950 bits per heavy atom. The fourth-order valence-corrected chi connectivity index (χ4v) is 2.49. The Bertz CT molecular complexity index is 737. The topological polar surface area (TPSA) is 50.9 Å². The lowest BCUT2D eigenvalue weighted by Gasteiger charge is -2.18. The summed E-state index contributed by atoms with van der Waals surface area (Å²) in [7, 11) is 0. The standard InChI is InChI=1S/C17H17N3/c1-12-6-2-4-8-14(12)17(20-18)16-11-10-13-7-3-5-9-15(13)19-16/h2-11,17,20H,18H2,1H3. The van der Waals surface area contributed by atoms with E-state index in [1.807, 2.05) is 36.4 Å². The molecule has 0 fully saturated rings. The van der Waals surface area contributed by atoms with Gasteiger partial charge in [-0.1, -0.05) is 48.5 Å². The third kappa shape index (κ3) is 2.29. The van der Waals surface area contributed by atoms with Gasteiger partial charge in [0.15, 0.2) is 0 Å². The third-order valence-corrected chi connectivity index (χ3v) is 3.58. The molecule has 0 aliphatic carbocycles. The van der Waals surface area contributed by atoms with Crippen LogP contribution >= 0.6 is 0 Å². The summed E-state index contributed by atoms with van der Waals surface area (Å²) in [4.78, 5) is 4.72. The molecule has 3 N–H and O–H groups in total. The predicted octanol–water partition coefficient (Wildman–Crippen LogP) is 3.10. The minimum atomic E-state index is -0.0965. The van der Waals surface area contributed by atoms with Gasteiger partial charge in [0, 0.05) is 5.39 Å². The van der Waals surface area contributed by atoms with Crippen LogP contribution in [0.1, 0.15) is 22.9 Å². The van der Waals surface area contributed by atoms with E-state index in [2.05, 4.69) is 36.6 Å². The Labute approximate surface area is 118 Å². The summed E-state index contributed by atoms with van der Waals surface area (Å²) < 4.78 is 0. The van der Waals surface area contributed by atoms with Gasteiger partial charge in [0.05, 0.1) is 17.3 Å². The molecule has 100 valence electrons. The number of nitrogens with zero attached hydrogens (tertiary/aromatic N) is 1. The van der Waals surface area contributed by atoms with Crippen molar-refractivity contribution in [3.05, 3.63) is 77.5 Å². The van der Waals surface area contributed by atoms with Gasteiger partial charge in [0.2, 0.25) is 0 Å². The minimum absolute atomic E-state index is 0.0965. The number of fused-ring (bicyclic) bond motifs is 1. The van der Waals surface area contributed by atoms with E-state index in [1.165, 1.54) is 5.56 Å². The fraction of sp³-hybridized carbons (Fsp3) is 0.118. The lowest BCUT2D eigenvalue weighted by Crippen LogP contribution is -2.30. The highest BCUT2D eigenvalue weighted by molar-refractivity contribution is 5.78. The minimum Gasteiger partial charge on any atom is -0.271 e. The zero-order chi connectivity index (χ0) is 13.9. The number of hydrogen-bond donors (Lipinski definition) is 2. The van der Waals surface area contributed by atoms with Crippen LogP contribution in [-0.4, -0.2) is 4.98 Å². The molecule has 3 heteroatoms. The third-order valence-electron chi connectivity index (χ3n) is 3.58. The summed E-state index contributed by atoms with van der Waals surface area (Å²) >= 11 is 0. The molecule has 0 aliphatic heterocycles. The molecule has 0 bridgehead atoms. The Morgan fingerprint density at radius 3 is 2.50 bits per heavy atom. The smallest absolute Gasteiger partial charge is 0.0884 e. The van der Waals surface area contributed by atoms with Crippen LogP contribution < -0.4 is 11.3 Å². The molecule has 0 aliphatic rings. The number of para-hydroxylation sites is 1. The van der Waals surface area contributed by atoms with Crippen LogP contribution in [0.15, 0.2) is 60.7 Å². The summed E-state index contributed by atoms with van der Waals surface area (Å²) in [6.45, 7) is 2.08. The van der Waals surface area contributed by atoms with E-state index in [9.17, 15) is 0 Å². The summed E-state index contributed by atoms with van der Waals surface area (Å²) in [5, 5.41) is 1.14. The SMILES string of the molecule is Cc1ccccc1C(NN)c1ccc2ccccc2n1. The van der Waals surface area contributed by atoms with Crippen molar-refractivity contribution in [1.82, 2.24) is 10.4 Å². The second-order valence-corrected chi connectivity index (χ2v) is 4.89. The largest absolute Gasteiger partial charge is 0.271 e. The Hall–Kier alpha value is -2.23. The van der Waals surface area contributed by atoms with Crippen molar-refractivity contribution in [3.8, 4) is 0 Å². The molecule has 0 saturated carbocycles. The molecular weight excluding hydrogens is 246 g/mol. The lowest BCUT2D eigenvalue weighted by atomic mass is 9.98. The number of pyridine rings is 1. The molecule has 3 aromatic rings. The number of rotatable bonds is 3. The van der Waals surface area contributed by atoms with E-state index >= 15 is 0 Å². The number of hydrazine groups is 1. The Kier molecular flexibility index (Phi) is 3.46. The molecule has 1 heterocycles. The molecule has 1 aromatic heterocycles. The zero-order valence-corrected chi connectivity index (χ0v) is 11.4. The first kappa shape index (κ1) is 12.8. The van der Waals surface area contributed by atoms with Crippen molar-refractivity contribution in [2.24, 2.45) is 5.84 Å². The van der Waals surface area contributed by atoms with Gasteiger partial charge in [-0.25, -0.2) is 5.43 Å². The highest BCUT2D eigenvalue weighted by atomic mass is 15.2. The number of benzene rings is 2. The first-order chi connectivity index (χ1) is 9.79. The fourth-order valence-electron chi connectivity index (χ4n) is 2.49. The van der Waals surface area contributed by atoms with Gasteiger partial charge in [-0.15, -0.1) is 0 Å².